The van der Waals surface area contributed by atoms with Crippen LogP contribution in [-0.2, 0) is 9.47 Å². The maximum Gasteiger partial charge on any atom is 0.339 e. The van der Waals surface area contributed by atoms with E-state index >= 15 is 0 Å². The lowest BCUT2D eigenvalue weighted by Gasteiger charge is -2.46. The van der Waals surface area contributed by atoms with Gasteiger partial charge in [-0.1, -0.05) is 48.5 Å². The highest BCUT2D eigenvalue weighted by molar-refractivity contribution is 6.08. The summed E-state index contributed by atoms with van der Waals surface area (Å²) in [5, 5.41) is 11.0. The predicted molar refractivity (Wildman–Crippen MR) is 186 cm³/mol. The second kappa shape index (κ2) is 11.5. The number of rotatable bonds is 5. The third-order valence-corrected chi connectivity index (χ3v) is 9.37. The van der Waals surface area contributed by atoms with E-state index in [1.807, 2.05) is 60.7 Å². The molecule has 4 aromatic rings. The quantitative estimate of drug-likeness (QED) is 0.218. The van der Waals surface area contributed by atoms with Crippen LogP contribution in [0.15, 0.2) is 72.8 Å². The number of hydrogen-bond acceptors (Lipinski definition) is 6. The molecule has 0 saturated carbocycles. The van der Waals surface area contributed by atoms with Crippen molar-refractivity contribution < 1.29 is 19.1 Å². The maximum atomic E-state index is 13.8. The smallest absolute Gasteiger partial charge is 0.339 e. The number of fused-ring (bicyclic) bond motifs is 2. The van der Waals surface area contributed by atoms with Crippen molar-refractivity contribution >= 4 is 33.5 Å². The average Bonchev–Trinajstić information content (AvgIpc) is 2.92. The van der Waals surface area contributed by atoms with Crippen molar-refractivity contribution in [2.24, 2.45) is 0 Å². The Morgan fingerprint density at radius 3 is 1.57 bits per heavy atom. The fourth-order valence-corrected chi connectivity index (χ4v) is 8.34. The van der Waals surface area contributed by atoms with Gasteiger partial charge >= 0.3 is 11.9 Å². The minimum Gasteiger partial charge on any atom is -0.459 e. The molecule has 2 heterocycles. The van der Waals surface area contributed by atoms with Crippen LogP contribution in [0.5, 0.6) is 0 Å². The molecule has 2 aliphatic heterocycles. The first-order chi connectivity index (χ1) is 21.5. The van der Waals surface area contributed by atoms with E-state index in [0.29, 0.717) is 11.1 Å². The molecule has 2 N–H and O–H groups in total. The lowest BCUT2D eigenvalue weighted by atomic mass is 9.81. The number of piperidine rings is 2. The van der Waals surface area contributed by atoms with Crippen LogP contribution in [0.2, 0.25) is 0 Å². The molecule has 0 atom stereocenters. The molecule has 0 spiro atoms. The minimum atomic E-state index is -0.299. The van der Waals surface area contributed by atoms with Crippen LogP contribution < -0.4 is 10.6 Å². The fraction of sp³-hybridized carbons (Fsp3) is 0.450. The molecule has 0 aliphatic carbocycles. The van der Waals surface area contributed by atoms with Crippen LogP contribution in [0.4, 0.5) is 0 Å². The summed E-state index contributed by atoms with van der Waals surface area (Å²) in [6.45, 7) is 17.2. The van der Waals surface area contributed by atoms with Crippen LogP contribution in [-0.4, -0.2) is 46.3 Å². The number of benzene rings is 4. The van der Waals surface area contributed by atoms with Crippen LogP contribution in [0, 0.1) is 0 Å². The summed E-state index contributed by atoms with van der Waals surface area (Å²) in [4.78, 5) is 27.3. The number of esters is 2. The zero-order valence-corrected chi connectivity index (χ0v) is 28.5. The first kappa shape index (κ1) is 32.2. The topological polar surface area (TPSA) is 76.7 Å². The van der Waals surface area contributed by atoms with Crippen molar-refractivity contribution in [1.29, 1.82) is 0 Å². The van der Waals surface area contributed by atoms with E-state index in [4.69, 9.17) is 9.47 Å². The number of carbonyl (C=O) groups excluding carboxylic acids is 2. The zero-order valence-electron chi connectivity index (χ0n) is 28.5. The van der Waals surface area contributed by atoms with Crippen molar-refractivity contribution in [2.75, 3.05) is 0 Å². The Balaban J connectivity index is 1.30. The molecule has 0 aromatic heterocycles. The van der Waals surface area contributed by atoms with Crippen molar-refractivity contribution in [3.8, 4) is 11.1 Å². The molecule has 242 valence electrons. The summed E-state index contributed by atoms with van der Waals surface area (Å²) in [7, 11) is 0. The van der Waals surface area contributed by atoms with Gasteiger partial charge in [-0.3, -0.25) is 0 Å². The van der Waals surface area contributed by atoms with Gasteiger partial charge in [0.15, 0.2) is 0 Å². The largest absolute Gasteiger partial charge is 0.459 e. The van der Waals surface area contributed by atoms with E-state index in [2.05, 4.69) is 78.2 Å². The Hall–Kier alpha value is -3.74. The van der Waals surface area contributed by atoms with Gasteiger partial charge in [0.1, 0.15) is 12.2 Å². The lowest BCUT2D eigenvalue weighted by molar-refractivity contribution is -0.00748. The molecule has 0 amide bonds. The van der Waals surface area contributed by atoms with Gasteiger partial charge in [-0.25, -0.2) is 9.59 Å². The van der Waals surface area contributed by atoms with Gasteiger partial charge in [0.25, 0.3) is 0 Å². The first-order valence-corrected chi connectivity index (χ1v) is 16.5. The maximum absolute atomic E-state index is 13.8. The minimum absolute atomic E-state index is 0.119. The molecule has 6 nitrogen and oxygen atoms in total. The van der Waals surface area contributed by atoms with Crippen molar-refractivity contribution in [3.05, 3.63) is 83.9 Å². The van der Waals surface area contributed by atoms with Gasteiger partial charge in [-0.15, -0.1) is 0 Å². The monoisotopic (exact) mass is 620 g/mol. The second-order valence-corrected chi connectivity index (χ2v) is 16.1. The summed E-state index contributed by atoms with van der Waals surface area (Å²) < 4.78 is 12.3. The number of ether oxygens (including phenoxy) is 2. The normalized spacial score (nSPS) is 20.8. The van der Waals surface area contributed by atoms with Crippen molar-refractivity contribution in [3.63, 3.8) is 0 Å². The van der Waals surface area contributed by atoms with Gasteiger partial charge in [0.05, 0.1) is 11.1 Å². The molecule has 6 heteroatoms. The molecular formula is C40H48N2O4. The van der Waals surface area contributed by atoms with Crippen molar-refractivity contribution in [1.82, 2.24) is 10.6 Å². The zero-order chi connectivity index (χ0) is 33.1. The highest BCUT2D eigenvalue weighted by atomic mass is 16.5. The molecule has 0 radical (unpaired) electrons. The SMILES string of the molecule is CC1(C)CC(OC(=O)c2cccc3cc(-c4cc(C(=O)OC5CC(C)(C)NC(C)(C)C5)c5ccccc5c4)ccc23)CC(C)(C)N1. The summed E-state index contributed by atoms with van der Waals surface area (Å²) in [6.07, 6.45) is 2.69. The first-order valence-electron chi connectivity index (χ1n) is 16.5. The Bertz CT molecular complexity index is 1790. The molecule has 4 aromatic carbocycles. The Morgan fingerprint density at radius 2 is 1.00 bits per heavy atom. The van der Waals surface area contributed by atoms with Gasteiger partial charge in [0, 0.05) is 47.8 Å². The van der Waals surface area contributed by atoms with Crippen LogP contribution in [0.25, 0.3) is 32.7 Å². The highest BCUT2D eigenvalue weighted by Crippen LogP contribution is 2.35. The Morgan fingerprint density at radius 1 is 0.543 bits per heavy atom. The number of hydrogen-bond donors (Lipinski definition) is 2. The lowest BCUT2D eigenvalue weighted by Crippen LogP contribution is -2.59. The third kappa shape index (κ3) is 6.98. The van der Waals surface area contributed by atoms with Crippen LogP contribution >= 0.6 is 0 Å². The molecule has 0 unspecified atom stereocenters. The number of carbonyl (C=O) groups is 2. The fourth-order valence-electron chi connectivity index (χ4n) is 8.34. The molecule has 46 heavy (non-hydrogen) atoms. The summed E-state index contributed by atoms with van der Waals surface area (Å²) in [6, 6.07) is 23.9. The molecule has 0 bridgehead atoms. The average molecular weight is 621 g/mol. The van der Waals surface area contributed by atoms with E-state index in [9.17, 15) is 9.59 Å². The highest BCUT2D eigenvalue weighted by Gasteiger charge is 2.40. The molecular weight excluding hydrogens is 572 g/mol. The van der Waals surface area contributed by atoms with Gasteiger partial charge < -0.3 is 20.1 Å². The molecule has 2 fully saturated rings. The van der Waals surface area contributed by atoms with Gasteiger partial charge in [-0.2, -0.15) is 0 Å². The van der Waals surface area contributed by atoms with E-state index in [1.165, 1.54) is 0 Å². The molecule has 6 rings (SSSR count). The summed E-state index contributed by atoms with van der Waals surface area (Å²) in [5.74, 6) is -0.594. The van der Waals surface area contributed by atoms with E-state index in [0.717, 1.165) is 58.4 Å². The van der Waals surface area contributed by atoms with Gasteiger partial charge in [-0.05, 0) is 112 Å². The second-order valence-electron chi connectivity index (χ2n) is 16.1. The van der Waals surface area contributed by atoms with Gasteiger partial charge in [0.2, 0.25) is 0 Å². The van der Waals surface area contributed by atoms with Crippen LogP contribution in [0.1, 0.15) is 102 Å². The Labute approximate surface area is 273 Å². The number of nitrogens with one attached hydrogen (secondary N) is 2. The van der Waals surface area contributed by atoms with E-state index in [-0.39, 0.29) is 46.3 Å². The molecule has 2 aliphatic rings. The van der Waals surface area contributed by atoms with E-state index in [1.54, 1.807) is 0 Å². The predicted octanol–water partition coefficient (Wildman–Crippen LogP) is 8.59. The van der Waals surface area contributed by atoms with E-state index < -0.39 is 0 Å². The third-order valence-electron chi connectivity index (χ3n) is 9.37. The Kier molecular flexibility index (Phi) is 8.05. The van der Waals surface area contributed by atoms with Crippen LogP contribution in [0.3, 0.4) is 0 Å². The summed E-state index contributed by atoms with van der Waals surface area (Å²) in [5.41, 5.74) is 2.51. The van der Waals surface area contributed by atoms with Crippen molar-refractivity contribution in [2.45, 2.75) is 115 Å². The standard InChI is InChI=1S/C40H48N2O4/c1-37(2)21-29(22-38(3,4)41-37)45-35(43)33-15-11-13-27-18-25(16-17-32(27)33)28-19-26-12-9-10-14-31(26)34(20-28)36(44)46-30-23-39(5,6)42-40(7,8)24-30/h9-20,29-30,41-42H,21-24H2,1-8H3. The molecule has 2 saturated heterocycles. The summed E-state index contributed by atoms with van der Waals surface area (Å²) >= 11 is 0.